The number of fused-ring (bicyclic) bond motifs is 2. The number of anilines is 1. The number of hydrogen-bond acceptors (Lipinski definition) is 5. The van der Waals surface area contributed by atoms with Gasteiger partial charge in [-0.2, -0.15) is 4.98 Å². The van der Waals surface area contributed by atoms with Crippen molar-refractivity contribution in [3.8, 4) is 0 Å². The van der Waals surface area contributed by atoms with Gasteiger partial charge in [0.25, 0.3) is 0 Å². The zero-order valence-electron chi connectivity index (χ0n) is 20.1. The molecule has 0 spiro atoms. The van der Waals surface area contributed by atoms with Crippen LogP contribution in [0.2, 0.25) is 0 Å². The number of amidine groups is 1. The molecule has 0 amide bonds. The molecule has 1 aromatic heterocycles. The zero-order chi connectivity index (χ0) is 24.5. The van der Waals surface area contributed by atoms with Gasteiger partial charge in [0.05, 0.1) is 6.04 Å². The van der Waals surface area contributed by atoms with Crippen LogP contribution in [-0.2, 0) is 6.54 Å². The summed E-state index contributed by atoms with van der Waals surface area (Å²) >= 11 is 0. The van der Waals surface area contributed by atoms with Crippen molar-refractivity contribution in [1.82, 2.24) is 19.7 Å². The molecule has 1 aromatic carbocycles. The molecule has 2 aliphatic heterocycles. The minimum Gasteiger partial charge on any atom is -0.323 e. The normalized spacial score (nSPS) is 29.9. The Balaban J connectivity index is 1.37. The molecule has 0 radical (unpaired) electrons. The van der Waals surface area contributed by atoms with E-state index in [2.05, 4.69) is 20.3 Å². The van der Waals surface area contributed by atoms with Gasteiger partial charge in [0.1, 0.15) is 23.3 Å². The van der Waals surface area contributed by atoms with E-state index in [-0.39, 0.29) is 41.4 Å². The third-order valence-corrected chi connectivity index (χ3v) is 7.29. The molecule has 3 heterocycles. The number of rotatable bonds is 4. The van der Waals surface area contributed by atoms with E-state index in [9.17, 15) is 4.39 Å². The summed E-state index contributed by atoms with van der Waals surface area (Å²) in [6, 6.07) is 6.56. The van der Waals surface area contributed by atoms with Crippen LogP contribution >= 0.6 is 0 Å². The SMILES string of the molecule is CC(=N)N=CC1C2/C(F)=C\C(Nc3nc4n(n3)CCCCC4c3ccc(F)cc3)=C/CCC2N1C. The summed E-state index contributed by atoms with van der Waals surface area (Å²) in [4.78, 5) is 11.0. The molecule has 4 unspecified atom stereocenters. The van der Waals surface area contributed by atoms with Gasteiger partial charge >= 0.3 is 0 Å². The van der Waals surface area contributed by atoms with Crippen LogP contribution in [0.3, 0.4) is 0 Å². The van der Waals surface area contributed by atoms with Gasteiger partial charge in [-0.1, -0.05) is 24.6 Å². The highest BCUT2D eigenvalue weighted by molar-refractivity contribution is 5.87. The first-order valence-corrected chi connectivity index (χ1v) is 12.3. The second-order valence-electron chi connectivity index (χ2n) is 9.62. The topological polar surface area (TPSA) is 82.2 Å². The maximum absolute atomic E-state index is 15.4. The van der Waals surface area contributed by atoms with Crippen LogP contribution in [0.4, 0.5) is 14.7 Å². The number of aliphatic imine (C=N–C) groups is 1. The van der Waals surface area contributed by atoms with E-state index >= 15 is 4.39 Å². The van der Waals surface area contributed by atoms with Gasteiger partial charge in [-0.3, -0.25) is 10.3 Å². The van der Waals surface area contributed by atoms with Crippen LogP contribution < -0.4 is 5.32 Å². The minimum absolute atomic E-state index is 0.0448. The maximum Gasteiger partial charge on any atom is 0.246 e. The predicted octanol–water partition coefficient (Wildman–Crippen LogP) is 5.04. The summed E-state index contributed by atoms with van der Waals surface area (Å²) in [5.74, 6) is 0.833. The van der Waals surface area contributed by atoms with Crippen LogP contribution in [0.5, 0.6) is 0 Å². The molecule has 2 aromatic rings. The largest absolute Gasteiger partial charge is 0.323 e. The molecule has 0 bridgehead atoms. The van der Waals surface area contributed by atoms with Crippen LogP contribution in [0, 0.1) is 17.1 Å². The van der Waals surface area contributed by atoms with Crippen molar-refractivity contribution in [2.24, 2.45) is 10.9 Å². The molecule has 35 heavy (non-hydrogen) atoms. The highest BCUT2D eigenvalue weighted by Crippen LogP contribution is 2.40. The number of likely N-dealkylation sites (tertiary alicyclic amines) is 1. The first-order chi connectivity index (χ1) is 16.9. The fourth-order valence-corrected chi connectivity index (χ4v) is 5.48. The van der Waals surface area contributed by atoms with E-state index in [4.69, 9.17) is 10.4 Å². The number of nitrogens with one attached hydrogen (secondary N) is 2. The summed E-state index contributed by atoms with van der Waals surface area (Å²) in [6.45, 7) is 2.39. The van der Waals surface area contributed by atoms with Crippen molar-refractivity contribution in [2.75, 3.05) is 12.4 Å². The van der Waals surface area contributed by atoms with E-state index < -0.39 is 0 Å². The Hall–Kier alpha value is -3.20. The molecule has 1 aliphatic carbocycles. The minimum atomic E-state index is -0.275. The summed E-state index contributed by atoms with van der Waals surface area (Å²) in [6.07, 6.45) is 9.84. The number of aromatic nitrogens is 3. The molecule has 2 N–H and O–H groups in total. The number of halogens is 2. The molecule has 7 nitrogen and oxygen atoms in total. The summed E-state index contributed by atoms with van der Waals surface area (Å²) in [5.41, 5.74) is 1.67. The molecule has 3 aliphatic rings. The molecular formula is C26H31F2N7. The van der Waals surface area contributed by atoms with Crippen LogP contribution in [0.15, 0.2) is 52.9 Å². The van der Waals surface area contributed by atoms with Gasteiger partial charge in [0.2, 0.25) is 5.95 Å². The lowest BCUT2D eigenvalue weighted by Gasteiger charge is -2.52. The van der Waals surface area contributed by atoms with E-state index in [0.717, 1.165) is 50.0 Å². The predicted molar refractivity (Wildman–Crippen MR) is 133 cm³/mol. The Labute approximate surface area is 204 Å². The molecular weight excluding hydrogens is 448 g/mol. The van der Waals surface area contributed by atoms with Gasteiger partial charge in [0.15, 0.2) is 0 Å². The van der Waals surface area contributed by atoms with Crippen LogP contribution in [0.25, 0.3) is 0 Å². The molecule has 1 fully saturated rings. The molecule has 1 saturated heterocycles. The van der Waals surface area contributed by atoms with Crippen LogP contribution in [0.1, 0.15) is 56.3 Å². The third-order valence-electron chi connectivity index (χ3n) is 7.29. The summed E-state index contributed by atoms with van der Waals surface area (Å²) in [5, 5.41) is 15.5. The number of hydrogen-bond donors (Lipinski definition) is 2. The Morgan fingerprint density at radius 3 is 2.77 bits per heavy atom. The number of allylic oxidation sites excluding steroid dienone is 2. The van der Waals surface area contributed by atoms with Gasteiger partial charge < -0.3 is 5.32 Å². The van der Waals surface area contributed by atoms with Crippen molar-refractivity contribution in [1.29, 1.82) is 5.41 Å². The summed E-state index contributed by atoms with van der Waals surface area (Å²) in [7, 11) is 1.98. The van der Waals surface area contributed by atoms with E-state index in [1.165, 1.54) is 12.1 Å². The van der Waals surface area contributed by atoms with E-state index in [1.807, 2.05) is 29.9 Å². The van der Waals surface area contributed by atoms with Crippen molar-refractivity contribution in [3.63, 3.8) is 0 Å². The smallest absolute Gasteiger partial charge is 0.246 e. The molecule has 5 rings (SSSR count). The van der Waals surface area contributed by atoms with Gasteiger partial charge in [-0.15, -0.1) is 5.10 Å². The average Bonchev–Trinajstić information content (AvgIpc) is 3.10. The van der Waals surface area contributed by atoms with Crippen molar-refractivity contribution in [3.05, 3.63) is 65.1 Å². The Morgan fingerprint density at radius 2 is 2.00 bits per heavy atom. The third kappa shape index (κ3) is 4.82. The zero-order valence-corrected chi connectivity index (χ0v) is 20.1. The first kappa shape index (κ1) is 23.5. The first-order valence-electron chi connectivity index (χ1n) is 12.3. The van der Waals surface area contributed by atoms with Crippen LogP contribution in [-0.4, -0.2) is 50.8 Å². The van der Waals surface area contributed by atoms with Crippen molar-refractivity contribution < 1.29 is 8.78 Å². The standard InChI is InChI=1S/C26H31F2N7/c1-16(29)30-15-23-24-21(28)14-19(6-5-8-22(24)34(23)2)31-26-32-25-20(7-3-4-13-35(25)33-26)17-9-11-18(27)12-10-17/h6,9-12,14-15,20,22-24,29H,3-5,7-8,13H2,1-2H3,(H,31,33)/b19-6+,21-14+,29-16?,30-15?. The molecule has 0 saturated carbocycles. The van der Waals surface area contributed by atoms with Crippen molar-refractivity contribution in [2.45, 2.75) is 63.6 Å². The lowest BCUT2D eigenvalue weighted by atomic mass is 9.76. The monoisotopic (exact) mass is 479 g/mol. The van der Waals surface area contributed by atoms with Crippen molar-refractivity contribution >= 4 is 18.0 Å². The van der Waals surface area contributed by atoms with Gasteiger partial charge in [0, 0.05) is 36.3 Å². The second-order valence-corrected chi connectivity index (χ2v) is 9.62. The molecule has 9 heteroatoms. The Kier molecular flexibility index (Phi) is 6.60. The lowest BCUT2D eigenvalue weighted by Crippen LogP contribution is -2.63. The number of nitrogens with zero attached hydrogens (tertiary/aromatic N) is 5. The fourth-order valence-electron chi connectivity index (χ4n) is 5.48. The van der Waals surface area contributed by atoms with Gasteiger partial charge in [-0.25, -0.2) is 18.5 Å². The fraction of sp³-hybridized carbons (Fsp3) is 0.462. The Bertz CT molecular complexity index is 1180. The van der Waals surface area contributed by atoms with E-state index in [0.29, 0.717) is 11.6 Å². The maximum atomic E-state index is 15.4. The molecule has 4 atom stereocenters. The average molecular weight is 480 g/mol. The van der Waals surface area contributed by atoms with Gasteiger partial charge in [-0.05, 0) is 63.4 Å². The molecule has 184 valence electrons. The number of aryl methyl sites for hydroxylation is 1. The summed E-state index contributed by atoms with van der Waals surface area (Å²) < 4.78 is 30.8. The second kappa shape index (κ2) is 9.81. The number of benzene rings is 1. The van der Waals surface area contributed by atoms with E-state index in [1.54, 1.807) is 19.2 Å². The highest BCUT2D eigenvalue weighted by atomic mass is 19.1. The highest BCUT2D eigenvalue weighted by Gasteiger charge is 2.47. The quantitative estimate of drug-likeness (QED) is 0.475. The Morgan fingerprint density at radius 1 is 1.20 bits per heavy atom. The lowest BCUT2D eigenvalue weighted by molar-refractivity contribution is 0.0118.